The maximum absolute atomic E-state index is 12.1. The third-order valence-electron chi connectivity index (χ3n) is 2.99. The van der Waals surface area contributed by atoms with Crippen LogP contribution in [0.2, 0.25) is 0 Å². The van der Waals surface area contributed by atoms with E-state index in [0.717, 1.165) is 15.6 Å². The summed E-state index contributed by atoms with van der Waals surface area (Å²) in [6, 6.07) is 10.3. The van der Waals surface area contributed by atoms with Crippen LogP contribution in [-0.2, 0) is 6.42 Å². The molecule has 104 valence electrons. The van der Waals surface area contributed by atoms with Crippen LogP contribution in [0, 0.1) is 3.57 Å². The van der Waals surface area contributed by atoms with Crippen molar-refractivity contribution >= 4 is 39.9 Å². The topological polar surface area (TPSA) is 75.3 Å². The maximum Gasteiger partial charge on any atom is 0.259 e. The van der Waals surface area contributed by atoms with E-state index in [1.54, 1.807) is 24.3 Å². The first-order valence-corrected chi connectivity index (χ1v) is 7.27. The number of aryl methyl sites for hydroxylation is 1. The quantitative estimate of drug-likeness (QED) is 0.563. The van der Waals surface area contributed by atoms with Crippen LogP contribution in [0.3, 0.4) is 0 Å². The highest BCUT2D eigenvalue weighted by molar-refractivity contribution is 14.1. The van der Waals surface area contributed by atoms with Crippen LogP contribution in [0.15, 0.2) is 36.4 Å². The number of nitrogens with two attached hydrogens (primary N) is 1. The number of halogens is 1. The summed E-state index contributed by atoms with van der Waals surface area (Å²) in [5.74, 6) is -0.397. The molecule has 0 aromatic heterocycles. The number of hydrogen-bond acceptors (Lipinski definition) is 3. The number of hydrogen-bond donors (Lipinski definition) is 3. The van der Waals surface area contributed by atoms with Crippen LogP contribution >= 0.6 is 22.6 Å². The standard InChI is InChI=1S/C15H15IN2O2/c1-2-9-3-5-11(8-13(9)17)18-15(20)12-7-10(16)4-6-14(12)19/h3-8,19H,2,17H2,1H3,(H,18,20). The van der Waals surface area contributed by atoms with Gasteiger partial charge in [0.15, 0.2) is 0 Å². The Morgan fingerprint density at radius 3 is 2.70 bits per heavy atom. The van der Waals surface area contributed by atoms with Gasteiger partial charge in [0.1, 0.15) is 5.75 Å². The first kappa shape index (κ1) is 14.6. The Labute approximate surface area is 131 Å². The van der Waals surface area contributed by atoms with Crippen molar-refractivity contribution in [2.75, 3.05) is 11.1 Å². The minimum absolute atomic E-state index is 0.0407. The predicted molar refractivity (Wildman–Crippen MR) is 89.0 cm³/mol. The van der Waals surface area contributed by atoms with E-state index in [2.05, 4.69) is 27.9 Å². The van der Waals surface area contributed by atoms with Gasteiger partial charge in [-0.2, -0.15) is 0 Å². The molecule has 0 spiro atoms. The number of benzene rings is 2. The minimum Gasteiger partial charge on any atom is -0.507 e. The van der Waals surface area contributed by atoms with Gasteiger partial charge in [-0.25, -0.2) is 0 Å². The van der Waals surface area contributed by atoms with E-state index in [1.807, 2.05) is 13.0 Å². The molecule has 0 aliphatic heterocycles. The second-order valence-corrected chi connectivity index (χ2v) is 5.63. The molecule has 0 aliphatic carbocycles. The molecule has 0 heterocycles. The van der Waals surface area contributed by atoms with E-state index < -0.39 is 0 Å². The lowest BCUT2D eigenvalue weighted by Crippen LogP contribution is -2.12. The summed E-state index contributed by atoms with van der Waals surface area (Å²) in [4.78, 5) is 12.1. The van der Waals surface area contributed by atoms with E-state index in [4.69, 9.17) is 5.73 Å². The van der Waals surface area contributed by atoms with Gasteiger partial charge in [0.25, 0.3) is 5.91 Å². The lowest BCUT2D eigenvalue weighted by atomic mass is 10.1. The zero-order chi connectivity index (χ0) is 14.7. The van der Waals surface area contributed by atoms with Gasteiger partial charge in [0, 0.05) is 14.9 Å². The van der Waals surface area contributed by atoms with Crippen molar-refractivity contribution in [1.82, 2.24) is 0 Å². The van der Waals surface area contributed by atoms with E-state index in [-0.39, 0.29) is 17.2 Å². The number of phenolic OH excluding ortho intramolecular Hbond substituents is 1. The number of carbonyl (C=O) groups is 1. The molecule has 0 aliphatic rings. The van der Waals surface area contributed by atoms with Gasteiger partial charge >= 0.3 is 0 Å². The molecule has 4 N–H and O–H groups in total. The molecule has 2 aromatic rings. The first-order valence-electron chi connectivity index (χ1n) is 6.19. The van der Waals surface area contributed by atoms with Crippen molar-refractivity contribution in [3.05, 3.63) is 51.1 Å². The molecular formula is C15H15IN2O2. The Morgan fingerprint density at radius 1 is 1.30 bits per heavy atom. The van der Waals surface area contributed by atoms with Crippen molar-refractivity contribution in [3.63, 3.8) is 0 Å². The smallest absolute Gasteiger partial charge is 0.259 e. The number of amides is 1. The lowest BCUT2D eigenvalue weighted by molar-refractivity contribution is 0.102. The third kappa shape index (κ3) is 3.22. The van der Waals surface area contributed by atoms with Crippen LogP contribution in [-0.4, -0.2) is 11.0 Å². The molecule has 2 rings (SSSR count). The maximum atomic E-state index is 12.1. The Hall–Kier alpha value is -1.76. The summed E-state index contributed by atoms with van der Waals surface area (Å²) in [6.45, 7) is 2.02. The summed E-state index contributed by atoms with van der Waals surface area (Å²) in [6.07, 6.45) is 0.845. The summed E-state index contributed by atoms with van der Waals surface area (Å²) in [7, 11) is 0. The van der Waals surface area contributed by atoms with Crippen molar-refractivity contribution in [2.24, 2.45) is 0 Å². The Bertz CT molecular complexity index is 656. The highest BCUT2D eigenvalue weighted by atomic mass is 127. The molecule has 5 heteroatoms. The molecule has 1 amide bonds. The number of aromatic hydroxyl groups is 1. The molecule has 0 saturated heterocycles. The molecule has 20 heavy (non-hydrogen) atoms. The van der Waals surface area contributed by atoms with Crippen LogP contribution in [0.5, 0.6) is 5.75 Å². The van der Waals surface area contributed by atoms with Gasteiger partial charge in [0.2, 0.25) is 0 Å². The molecule has 2 aromatic carbocycles. The average Bonchev–Trinajstić information content (AvgIpc) is 2.41. The Morgan fingerprint density at radius 2 is 2.05 bits per heavy atom. The van der Waals surface area contributed by atoms with Crippen molar-refractivity contribution in [2.45, 2.75) is 13.3 Å². The molecule has 0 unspecified atom stereocenters. The van der Waals surface area contributed by atoms with Crippen LogP contribution in [0.25, 0.3) is 0 Å². The molecule has 0 fully saturated rings. The predicted octanol–water partition coefficient (Wildman–Crippen LogP) is 3.39. The summed E-state index contributed by atoms with van der Waals surface area (Å²) >= 11 is 2.09. The largest absolute Gasteiger partial charge is 0.507 e. The van der Waals surface area contributed by atoms with Crippen LogP contribution in [0.1, 0.15) is 22.8 Å². The zero-order valence-corrected chi connectivity index (χ0v) is 13.1. The van der Waals surface area contributed by atoms with Crippen molar-refractivity contribution in [1.29, 1.82) is 0 Å². The third-order valence-corrected chi connectivity index (χ3v) is 3.66. The van der Waals surface area contributed by atoms with Crippen LogP contribution < -0.4 is 11.1 Å². The molecule has 0 saturated carbocycles. The number of anilines is 2. The Kier molecular flexibility index (Phi) is 4.49. The molecule has 4 nitrogen and oxygen atoms in total. The number of carbonyl (C=O) groups excluding carboxylic acids is 1. The Balaban J connectivity index is 2.23. The first-order chi connectivity index (χ1) is 9.51. The molecule has 0 bridgehead atoms. The van der Waals surface area contributed by atoms with Gasteiger partial charge in [0.05, 0.1) is 5.56 Å². The van der Waals surface area contributed by atoms with E-state index >= 15 is 0 Å². The summed E-state index contributed by atoms with van der Waals surface area (Å²) in [5.41, 5.74) is 8.45. The lowest BCUT2D eigenvalue weighted by Gasteiger charge is -2.09. The number of phenols is 1. The summed E-state index contributed by atoms with van der Waals surface area (Å²) in [5, 5.41) is 12.5. The second kappa shape index (κ2) is 6.13. The van der Waals surface area contributed by atoms with E-state index in [0.29, 0.717) is 11.4 Å². The molecular weight excluding hydrogens is 367 g/mol. The minimum atomic E-state index is -0.357. The van der Waals surface area contributed by atoms with Crippen molar-refractivity contribution in [3.8, 4) is 5.75 Å². The van der Waals surface area contributed by atoms with Crippen molar-refractivity contribution < 1.29 is 9.90 Å². The van der Waals surface area contributed by atoms with E-state index in [1.165, 1.54) is 6.07 Å². The number of nitrogens with one attached hydrogen (secondary N) is 1. The van der Waals surface area contributed by atoms with Crippen LogP contribution in [0.4, 0.5) is 11.4 Å². The monoisotopic (exact) mass is 382 g/mol. The number of nitrogen functional groups attached to an aromatic ring is 1. The van der Waals surface area contributed by atoms with Gasteiger partial charge < -0.3 is 16.2 Å². The number of rotatable bonds is 3. The highest BCUT2D eigenvalue weighted by Crippen LogP contribution is 2.23. The second-order valence-electron chi connectivity index (χ2n) is 4.38. The average molecular weight is 382 g/mol. The fraction of sp³-hybridized carbons (Fsp3) is 0.133. The highest BCUT2D eigenvalue weighted by Gasteiger charge is 2.12. The van der Waals surface area contributed by atoms with E-state index in [9.17, 15) is 9.90 Å². The van der Waals surface area contributed by atoms with Gasteiger partial charge in [-0.1, -0.05) is 13.0 Å². The normalized spacial score (nSPS) is 10.3. The summed E-state index contributed by atoms with van der Waals surface area (Å²) < 4.78 is 0.881. The fourth-order valence-corrected chi connectivity index (χ4v) is 2.37. The molecule has 0 radical (unpaired) electrons. The van der Waals surface area contributed by atoms with Gasteiger partial charge in [-0.15, -0.1) is 0 Å². The SMILES string of the molecule is CCc1ccc(NC(=O)c2cc(I)ccc2O)cc1N. The van der Waals surface area contributed by atoms with Gasteiger partial charge in [-0.05, 0) is 64.9 Å². The fourth-order valence-electron chi connectivity index (χ4n) is 1.88. The molecule has 0 atom stereocenters. The van der Waals surface area contributed by atoms with Gasteiger partial charge in [-0.3, -0.25) is 4.79 Å². The zero-order valence-electron chi connectivity index (χ0n) is 11.0.